The van der Waals surface area contributed by atoms with Gasteiger partial charge in [-0.05, 0) is 17.4 Å². The molecule has 0 fully saturated rings. The molecule has 0 N–H and O–H groups in total. The van der Waals surface area contributed by atoms with Gasteiger partial charge in [0.1, 0.15) is 0 Å². The molecule has 0 radical (unpaired) electrons. The highest BCUT2D eigenvalue weighted by Gasteiger charge is 2.24. The lowest BCUT2D eigenvalue weighted by Gasteiger charge is -2.10. The van der Waals surface area contributed by atoms with E-state index in [0.717, 1.165) is 4.88 Å². The van der Waals surface area contributed by atoms with Gasteiger partial charge in [0.05, 0.1) is 4.88 Å². The van der Waals surface area contributed by atoms with E-state index in [-0.39, 0.29) is 11.1 Å². The summed E-state index contributed by atoms with van der Waals surface area (Å²) < 4.78 is 24.5. The standard InChI is InChI=1S/C10H12ClN3O2S2/c1-7(2)6-14-9(8-4-3-5-17-8)12-13-10(14)18(11,15)16/h3-5,7H,6H2,1-2H3. The first-order chi connectivity index (χ1) is 8.39. The van der Waals surface area contributed by atoms with Crippen LogP contribution in [0.3, 0.4) is 0 Å². The third kappa shape index (κ3) is 2.73. The monoisotopic (exact) mass is 305 g/mol. The molecule has 0 atom stereocenters. The van der Waals surface area contributed by atoms with Crippen LogP contribution in [0.2, 0.25) is 0 Å². The number of thiophene rings is 1. The Bertz CT molecular complexity index is 632. The third-order valence-corrected chi connectivity index (χ3v) is 4.24. The summed E-state index contributed by atoms with van der Waals surface area (Å²) >= 11 is 1.48. The first-order valence-electron chi connectivity index (χ1n) is 5.31. The summed E-state index contributed by atoms with van der Waals surface area (Å²) in [6.45, 7) is 4.48. The average Bonchev–Trinajstić information content (AvgIpc) is 2.81. The van der Waals surface area contributed by atoms with E-state index in [1.165, 1.54) is 11.3 Å². The average molecular weight is 306 g/mol. The summed E-state index contributed by atoms with van der Waals surface area (Å²) in [6, 6.07) is 3.75. The predicted molar refractivity (Wildman–Crippen MR) is 71.2 cm³/mol. The fraction of sp³-hybridized carbons (Fsp3) is 0.400. The minimum atomic E-state index is -3.88. The lowest BCUT2D eigenvalue weighted by molar-refractivity contribution is 0.489. The minimum absolute atomic E-state index is 0.193. The van der Waals surface area contributed by atoms with E-state index in [4.69, 9.17) is 10.7 Å². The Kier molecular flexibility index (Phi) is 3.74. The Hall–Kier alpha value is -0.920. The van der Waals surface area contributed by atoms with Crippen molar-refractivity contribution in [3.8, 4) is 10.7 Å². The second-order valence-corrected chi connectivity index (χ2v) is 7.63. The largest absolute Gasteiger partial charge is 0.296 e. The quantitative estimate of drug-likeness (QED) is 0.814. The van der Waals surface area contributed by atoms with E-state index in [2.05, 4.69) is 10.2 Å². The normalized spacial score (nSPS) is 12.2. The van der Waals surface area contributed by atoms with Gasteiger partial charge in [-0.15, -0.1) is 21.5 Å². The van der Waals surface area contributed by atoms with Crippen molar-refractivity contribution in [2.75, 3.05) is 0 Å². The Morgan fingerprint density at radius 1 is 1.44 bits per heavy atom. The van der Waals surface area contributed by atoms with Gasteiger partial charge in [-0.3, -0.25) is 4.57 Å². The van der Waals surface area contributed by atoms with Crippen molar-refractivity contribution in [1.82, 2.24) is 14.8 Å². The van der Waals surface area contributed by atoms with Crippen LogP contribution < -0.4 is 0 Å². The fourth-order valence-corrected chi connectivity index (χ4v) is 3.21. The highest BCUT2D eigenvalue weighted by molar-refractivity contribution is 8.13. The summed E-state index contributed by atoms with van der Waals surface area (Å²) in [7, 11) is 1.49. The topological polar surface area (TPSA) is 64.8 Å². The number of aromatic nitrogens is 3. The van der Waals surface area contributed by atoms with Gasteiger partial charge in [0, 0.05) is 17.2 Å². The molecule has 0 aliphatic carbocycles. The van der Waals surface area contributed by atoms with Crippen molar-refractivity contribution >= 4 is 31.1 Å². The maximum absolute atomic E-state index is 11.5. The Balaban J connectivity index is 2.58. The summed E-state index contributed by atoms with van der Waals surface area (Å²) in [5.41, 5.74) is 0. The molecule has 0 aliphatic rings. The van der Waals surface area contributed by atoms with Crippen LogP contribution in [0.25, 0.3) is 10.7 Å². The molecule has 2 heterocycles. The van der Waals surface area contributed by atoms with Gasteiger partial charge in [0.15, 0.2) is 5.82 Å². The number of halogens is 1. The van der Waals surface area contributed by atoms with E-state index in [0.29, 0.717) is 12.4 Å². The SMILES string of the molecule is CC(C)Cn1c(-c2cccs2)nnc1S(=O)(=O)Cl. The molecule has 18 heavy (non-hydrogen) atoms. The second kappa shape index (κ2) is 4.99. The van der Waals surface area contributed by atoms with Crippen molar-refractivity contribution in [2.24, 2.45) is 5.92 Å². The highest BCUT2D eigenvalue weighted by atomic mass is 35.7. The molecule has 0 bridgehead atoms. The number of rotatable bonds is 4. The molecule has 5 nitrogen and oxygen atoms in total. The van der Waals surface area contributed by atoms with Gasteiger partial charge in [0.25, 0.3) is 14.2 Å². The molecular formula is C10H12ClN3O2S2. The molecule has 2 aromatic rings. The zero-order valence-corrected chi connectivity index (χ0v) is 12.3. The molecule has 0 saturated carbocycles. The summed E-state index contributed by atoms with van der Waals surface area (Å²) in [4.78, 5) is 0.870. The number of hydrogen-bond acceptors (Lipinski definition) is 5. The summed E-state index contributed by atoms with van der Waals surface area (Å²) in [5, 5.41) is 9.34. The van der Waals surface area contributed by atoms with Crippen LogP contribution in [-0.4, -0.2) is 23.2 Å². The molecule has 8 heteroatoms. The zero-order valence-electron chi connectivity index (χ0n) is 9.87. The molecule has 2 aromatic heterocycles. The summed E-state index contributed by atoms with van der Waals surface area (Å²) in [5.74, 6) is 0.801. The molecule has 0 aliphatic heterocycles. The van der Waals surface area contributed by atoms with Gasteiger partial charge in [-0.2, -0.15) is 0 Å². The van der Waals surface area contributed by atoms with Gasteiger partial charge >= 0.3 is 0 Å². The van der Waals surface area contributed by atoms with Crippen molar-refractivity contribution in [2.45, 2.75) is 25.5 Å². The Morgan fingerprint density at radius 3 is 2.67 bits per heavy atom. The number of nitrogens with zero attached hydrogens (tertiary/aromatic N) is 3. The Morgan fingerprint density at radius 2 is 2.17 bits per heavy atom. The van der Waals surface area contributed by atoms with Gasteiger partial charge < -0.3 is 0 Å². The minimum Gasteiger partial charge on any atom is -0.296 e. The first kappa shape index (κ1) is 13.5. The molecule has 0 saturated heterocycles. The van der Waals surface area contributed by atoms with E-state index < -0.39 is 9.05 Å². The molecular weight excluding hydrogens is 294 g/mol. The van der Waals surface area contributed by atoms with Gasteiger partial charge in [-0.25, -0.2) is 8.42 Å². The lowest BCUT2D eigenvalue weighted by Crippen LogP contribution is -2.11. The van der Waals surface area contributed by atoms with Crippen LogP contribution >= 0.6 is 22.0 Å². The second-order valence-electron chi connectivity index (χ2n) is 4.23. The number of hydrogen-bond donors (Lipinski definition) is 0. The highest BCUT2D eigenvalue weighted by Crippen LogP contribution is 2.26. The van der Waals surface area contributed by atoms with E-state index in [1.807, 2.05) is 31.4 Å². The van der Waals surface area contributed by atoms with Crippen molar-refractivity contribution < 1.29 is 8.42 Å². The van der Waals surface area contributed by atoms with Crippen LogP contribution in [0.1, 0.15) is 13.8 Å². The van der Waals surface area contributed by atoms with E-state index in [9.17, 15) is 8.42 Å². The van der Waals surface area contributed by atoms with E-state index >= 15 is 0 Å². The fourth-order valence-electron chi connectivity index (χ4n) is 1.59. The smallest absolute Gasteiger partial charge is 0.296 e. The first-order valence-corrected chi connectivity index (χ1v) is 8.50. The lowest BCUT2D eigenvalue weighted by atomic mass is 10.2. The van der Waals surface area contributed by atoms with Crippen molar-refractivity contribution in [1.29, 1.82) is 0 Å². The van der Waals surface area contributed by atoms with Crippen LogP contribution in [0, 0.1) is 5.92 Å². The predicted octanol–water partition coefficient (Wildman–Crippen LogP) is 2.59. The van der Waals surface area contributed by atoms with Crippen LogP contribution in [-0.2, 0) is 15.6 Å². The van der Waals surface area contributed by atoms with Crippen molar-refractivity contribution in [3.63, 3.8) is 0 Å². The molecule has 0 spiro atoms. The van der Waals surface area contributed by atoms with Gasteiger partial charge in [0.2, 0.25) is 0 Å². The van der Waals surface area contributed by atoms with Crippen LogP contribution in [0.5, 0.6) is 0 Å². The van der Waals surface area contributed by atoms with Crippen molar-refractivity contribution in [3.05, 3.63) is 17.5 Å². The maximum Gasteiger partial charge on any atom is 0.296 e. The van der Waals surface area contributed by atoms with Crippen LogP contribution in [0.15, 0.2) is 22.7 Å². The maximum atomic E-state index is 11.5. The van der Waals surface area contributed by atoms with Crippen LogP contribution in [0.4, 0.5) is 0 Å². The molecule has 0 amide bonds. The van der Waals surface area contributed by atoms with E-state index in [1.54, 1.807) is 4.57 Å². The third-order valence-electron chi connectivity index (χ3n) is 2.22. The zero-order chi connectivity index (χ0) is 13.3. The molecule has 98 valence electrons. The molecule has 0 aromatic carbocycles. The molecule has 0 unspecified atom stereocenters. The molecule has 2 rings (SSSR count). The Labute approximate surface area is 114 Å². The summed E-state index contributed by atoms with van der Waals surface area (Å²) in [6.07, 6.45) is 0. The van der Waals surface area contributed by atoms with Gasteiger partial charge in [-0.1, -0.05) is 19.9 Å².